The van der Waals surface area contributed by atoms with Crippen molar-refractivity contribution in [1.82, 2.24) is 14.8 Å². The normalized spacial score (nSPS) is 10.6. The van der Waals surface area contributed by atoms with Crippen LogP contribution in [0, 0.1) is 6.92 Å². The molecule has 8 heteroatoms. The molecule has 0 aliphatic carbocycles. The van der Waals surface area contributed by atoms with Crippen LogP contribution in [0.25, 0.3) is 0 Å². The highest BCUT2D eigenvalue weighted by Gasteiger charge is 2.10. The topological polar surface area (TPSA) is 76.9 Å². The molecule has 1 N–H and O–H groups in total. The number of amides is 1. The van der Waals surface area contributed by atoms with Gasteiger partial charge in [-0.2, -0.15) is 0 Å². The molecule has 18 heavy (non-hydrogen) atoms. The Balaban J connectivity index is 2.03. The summed E-state index contributed by atoms with van der Waals surface area (Å²) in [5.74, 6) is -0.266. The maximum atomic E-state index is 11.8. The van der Waals surface area contributed by atoms with Crippen LogP contribution < -0.4 is 10.2 Å². The van der Waals surface area contributed by atoms with Crippen LogP contribution in [0.2, 0.25) is 0 Å². The molecule has 0 atom stereocenters. The molecule has 0 unspecified atom stereocenters. The van der Waals surface area contributed by atoms with Gasteiger partial charge in [0.15, 0.2) is 0 Å². The first kappa shape index (κ1) is 12.9. The number of anilines is 1. The van der Waals surface area contributed by atoms with Gasteiger partial charge in [-0.15, -0.1) is 10.2 Å². The van der Waals surface area contributed by atoms with Crippen molar-refractivity contribution in [2.75, 3.05) is 5.32 Å². The van der Waals surface area contributed by atoms with Gasteiger partial charge < -0.3 is 0 Å². The summed E-state index contributed by atoms with van der Waals surface area (Å²) >= 11 is 2.43. The lowest BCUT2D eigenvalue weighted by Gasteiger charge is -2.03. The minimum Gasteiger partial charge on any atom is -0.299 e. The van der Waals surface area contributed by atoms with E-state index in [-0.39, 0.29) is 17.3 Å². The van der Waals surface area contributed by atoms with Crippen molar-refractivity contribution >= 4 is 33.7 Å². The molecule has 96 valence electrons. The zero-order valence-corrected chi connectivity index (χ0v) is 11.6. The van der Waals surface area contributed by atoms with Gasteiger partial charge in [-0.05, 0) is 13.3 Å². The number of rotatable bonds is 4. The van der Waals surface area contributed by atoms with Crippen molar-refractivity contribution in [2.24, 2.45) is 0 Å². The summed E-state index contributed by atoms with van der Waals surface area (Å²) < 4.78 is 1.43. The molecule has 2 aromatic rings. The number of carbonyl (C=O) groups is 1. The van der Waals surface area contributed by atoms with Crippen molar-refractivity contribution < 1.29 is 4.79 Å². The van der Waals surface area contributed by atoms with Gasteiger partial charge >= 0.3 is 4.87 Å². The molecule has 0 fully saturated rings. The Morgan fingerprint density at radius 3 is 2.83 bits per heavy atom. The van der Waals surface area contributed by atoms with E-state index in [1.54, 1.807) is 12.3 Å². The van der Waals surface area contributed by atoms with E-state index in [4.69, 9.17) is 0 Å². The van der Waals surface area contributed by atoms with E-state index in [1.165, 1.54) is 15.9 Å². The molecule has 0 bridgehead atoms. The smallest absolute Gasteiger partial charge is 0.299 e. The molecular weight excluding hydrogens is 272 g/mol. The summed E-state index contributed by atoms with van der Waals surface area (Å²) in [7, 11) is 0. The van der Waals surface area contributed by atoms with Gasteiger partial charge in [0.2, 0.25) is 11.0 Å². The van der Waals surface area contributed by atoms with E-state index in [1.807, 2.05) is 6.92 Å². The van der Waals surface area contributed by atoms with Crippen LogP contribution in [0.1, 0.15) is 17.6 Å². The van der Waals surface area contributed by atoms with E-state index in [0.717, 1.165) is 28.5 Å². The first-order chi connectivity index (χ1) is 8.60. The first-order valence-corrected chi connectivity index (χ1v) is 7.07. The molecule has 1 amide bonds. The molecule has 0 saturated heterocycles. The first-order valence-electron chi connectivity index (χ1n) is 5.37. The second-order valence-electron chi connectivity index (χ2n) is 3.63. The highest BCUT2D eigenvalue weighted by molar-refractivity contribution is 7.15. The van der Waals surface area contributed by atoms with Crippen molar-refractivity contribution in [2.45, 2.75) is 26.8 Å². The molecule has 0 aliphatic heterocycles. The number of carbonyl (C=O) groups excluding carboxylic acids is 1. The molecule has 0 aliphatic rings. The summed E-state index contributed by atoms with van der Waals surface area (Å²) in [4.78, 5) is 23.1. The molecule has 2 heterocycles. The Kier molecular flexibility index (Phi) is 3.87. The van der Waals surface area contributed by atoms with Gasteiger partial charge in [-0.25, -0.2) is 0 Å². The minimum absolute atomic E-state index is 0.00913. The van der Waals surface area contributed by atoms with E-state index >= 15 is 0 Å². The molecular formula is C10H12N4O2S2. The summed E-state index contributed by atoms with van der Waals surface area (Å²) in [6.07, 6.45) is 0.788. The van der Waals surface area contributed by atoms with E-state index < -0.39 is 0 Å². The maximum absolute atomic E-state index is 11.8. The second-order valence-corrected chi connectivity index (χ2v) is 5.51. The molecule has 0 aromatic carbocycles. The number of nitrogens with zero attached hydrogens (tertiary/aromatic N) is 3. The monoisotopic (exact) mass is 284 g/mol. The van der Waals surface area contributed by atoms with Crippen LogP contribution in [0.4, 0.5) is 5.13 Å². The van der Waals surface area contributed by atoms with Crippen molar-refractivity contribution in [3.05, 3.63) is 25.7 Å². The number of thiazole rings is 1. The van der Waals surface area contributed by atoms with Gasteiger partial charge in [-0.3, -0.25) is 19.5 Å². The van der Waals surface area contributed by atoms with Gasteiger partial charge in [0.25, 0.3) is 0 Å². The molecule has 2 aromatic heterocycles. The second kappa shape index (κ2) is 5.40. The molecule has 2 rings (SSSR count). The fourth-order valence-electron chi connectivity index (χ4n) is 1.35. The predicted octanol–water partition coefficient (Wildman–Crippen LogP) is 1.27. The van der Waals surface area contributed by atoms with E-state index in [9.17, 15) is 9.59 Å². The Labute approximate surface area is 111 Å². The average Bonchev–Trinajstić information content (AvgIpc) is 2.91. The number of hydrogen-bond acceptors (Lipinski definition) is 6. The summed E-state index contributed by atoms with van der Waals surface area (Å²) in [5.41, 5.74) is 0.784. The fraction of sp³-hybridized carbons (Fsp3) is 0.400. The lowest BCUT2D eigenvalue weighted by molar-refractivity contribution is -0.116. The van der Waals surface area contributed by atoms with Gasteiger partial charge in [0.1, 0.15) is 11.6 Å². The largest absolute Gasteiger partial charge is 0.307 e. The van der Waals surface area contributed by atoms with E-state index in [2.05, 4.69) is 15.5 Å². The summed E-state index contributed by atoms with van der Waals surface area (Å²) in [6, 6.07) is 0. The van der Waals surface area contributed by atoms with Crippen LogP contribution >= 0.6 is 22.7 Å². The predicted molar refractivity (Wildman–Crippen MR) is 71.2 cm³/mol. The minimum atomic E-state index is -0.266. The third-order valence-electron chi connectivity index (χ3n) is 2.29. The molecule has 0 spiro atoms. The van der Waals surface area contributed by atoms with Gasteiger partial charge in [-0.1, -0.05) is 29.6 Å². The van der Waals surface area contributed by atoms with Crippen LogP contribution in [-0.2, 0) is 17.8 Å². The van der Waals surface area contributed by atoms with E-state index in [0.29, 0.717) is 5.13 Å². The standard InChI is InChI=1S/C10H12N4O2S2/c1-3-8-12-13-9(18-8)11-7(15)4-14-6(2)5-17-10(14)16/h5H,3-4H2,1-2H3,(H,11,13,15). The van der Waals surface area contributed by atoms with Crippen molar-refractivity contribution in [1.29, 1.82) is 0 Å². The lowest BCUT2D eigenvalue weighted by atomic mass is 10.5. The third-order valence-corrected chi connectivity index (χ3v) is 4.16. The maximum Gasteiger partial charge on any atom is 0.307 e. The van der Waals surface area contributed by atoms with Crippen LogP contribution in [0.3, 0.4) is 0 Å². The Bertz CT molecular complexity index is 613. The Morgan fingerprint density at radius 2 is 2.28 bits per heavy atom. The van der Waals surface area contributed by atoms with Crippen LogP contribution in [0.15, 0.2) is 10.2 Å². The lowest BCUT2D eigenvalue weighted by Crippen LogP contribution is -2.25. The molecule has 6 nitrogen and oxygen atoms in total. The van der Waals surface area contributed by atoms with Crippen molar-refractivity contribution in [3.63, 3.8) is 0 Å². The number of aryl methyl sites for hydroxylation is 2. The average molecular weight is 284 g/mol. The quantitative estimate of drug-likeness (QED) is 0.917. The SMILES string of the molecule is CCc1nnc(NC(=O)Cn2c(C)csc2=O)s1. The zero-order valence-electron chi connectivity index (χ0n) is 9.97. The Morgan fingerprint density at radius 1 is 1.50 bits per heavy atom. The number of hydrogen-bond donors (Lipinski definition) is 1. The van der Waals surface area contributed by atoms with Crippen LogP contribution in [-0.4, -0.2) is 20.7 Å². The highest BCUT2D eigenvalue weighted by Crippen LogP contribution is 2.15. The molecule has 0 saturated carbocycles. The summed E-state index contributed by atoms with van der Waals surface area (Å²) in [6.45, 7) is 3.78. The molecule has 0 radical (unpaired) electrons. The van der Waals surface area contributed by atoms with Gasteiger partial charge in [0.05, 0.1) is 0 Å². The number of aromatic nitrogens is 3. The highest BCUT2D eigenvalue weighted by atomic mass is 32.1. The zero-order chi connectivity index (χ0) is 13.1. The third kappa shape index (κ3) is 2.82. The van der Waals surface area contributed by atoms with Gasteiger partial charge in [0, 0.05) is 11.1 Å². The summed E-state index contributed by atoms with van der Waals surface area (Å²) in [5, 5.41) is 13.5. The van der Waals surface area contributed by atoms with Crippen LogP contribution in [0.5, 0.6) is 0 Å². The van der Waals surface area contributed by atoms with Crippen molar-refractivity contribution in [3.8, 4) is 0 Å². The number of nitrogens with one attached hydrogen (secondary N) is 1. The Hall–Kier alpha value is -1.54. The fourth-order valence-corrected chi connectivity index (χ4v) is 2.78.